The molecule has 5 heterocycles. The van der Waals surface area contributed by atoms with Crippen LogP contribution in [0.15, 0.2) is 35.2 Å². The molecule has 0 radical (unpaired) electrons. The monoisotopic (exact) mass is 375 g/mol. The Balaban J connectivity index is 1.84. The molecule has 0 bridgehead atoms. The Labute approximate surface area is 146 Å². The number of alkyl halides is 3. The van der Waals surface area contributed by atoms with Gasteiger partial charge in [0.25, 0.3) is 0 Å². The van der Waals surface area contributed by atoms with Gasteiger partial charge in [-0.1, -0.05) is 0 Å². The molecule has 0 atom stereocenters. The number of halogens is 3. The lowest BCUT2D eigenvalue weighted by molar-refractivity contribution is -0.141. The standard InChI is InChI=1S/C16H8F3N5OS/c1-7-5-9(16(17,18)19)21-15-10(7)11-12(26-15)14-22-13(8-3-2-4-25-8)23-24(14)6-20-11/h2-6H,1H3. The third-order valence-electron chi connectivity index (χ3n) is 4.00. The Kier molecular flexibility index (Phi) is 2.94. The molecule has 130 valence electrons. The van der Waals surface area contributed by atoms with E-state index >= 15 is 0 Å². The summed E-state index contributed by atoms with van der Waals surface area (Å²) in [7, 11) is 0. The highest BCUT2D eigenvalue weighted by Crippen LogP contribution is 2.38. The minimum absolute atomic E-state index is 0.274. The number of fused-ring (bicyclic) bond motifs is 5. The Morgan fingerprint density at radius 2 is 2.08 bits per heavy atom. The van der Waals surface area contributed by atoms with Crippen LogP contribution in [0.4, 0.5) is 13.2 Å². The zero-order valence-electron chi connectivity index (χ0n) is 13.1. The van der Waals surface area contributed by atoms with Gasteiger partial charge in [-0.2, -0.15) is 13.2 Å². The van der Waals surface area contributed by atoms with E-state index in [-0.39, 0.29) is 4.83 Å². The van der Waals surface area contributed by atoms with E-state index in [9.17, 15) is 13.2 Å². The van der Waals surface area contributed by atoms with Crippen molar-refractivity contribution in [2.75, 3.05) is 0 Å². The normalized spacial score (nSPS) is 12.6. The van der Waals surface area contributed by atoms with E-state index in [0.29, 0.717) is 38.4 Å². The number of aromatic nitrogens is 5. The van der Waals surface area contributed by atoms with Crippen LogP contribution in [0.3, 0.4) is 0 Å². The molecule has 0 unspecified atom stereocenters. The molecular weight excluding hydrogens is 367 g/mol. The van der Waals surface area contributed by atoms with Crippen LogP contribution in [0.5, 0.6) is 0 Å². The predicted octanol–water partition coefficient (Wildman–Crippen LogP) is 4.47. The fourth-order valence-electron chi connectivity index (χ4n) is 2.87. The lowest BCUT2D eigenvalue weighted by Crippen LogP contribution is -2.07. The molecule has 0 aliphatic rings. The summed E-state index contributed by atoms with van der Waals surface area (Å²) in [5, 5.41) is 4.91. The Bertz CT molecular complexity index is 1290. The molecule has 0 fully saturated rings. The van der Waals surface area contributed by atoms with Gasteiger partial charge in [-0.3, -0.25) is 0 Å². The molecule has 0 amide bonds. The van der Waals surface area contributed by atoms with Gasteiger partial charge in [-0.15, -0.1) is 16.4 Å². The summed E-state index contributed by atoms with van der Waals surface area (Å²) < 4.78 is 46.6. The summed E-state index contributed by atoms with van der Waals surface area (Å²) >= 11 is 1.12. The quantitative estimate of drug-likeness (QED) is 0.432. The van der Waals surface area contributed by atoms with Gasteiger partial charge in [0.2, 0.25) is 5.82 Å². The number of hydrogen-bond donors (Lipinski definition) is 0. The highest BCUT2D eigenvalue weighted by atomic mass is 32.1. The van der Waals surface area contributed by atoms with E-state index in [4.69, 9.17) is 4.42 Å². The molecule has 5 rings (SSSR count). The van der Waals surface area contributed by atoms with E-state index in [1.54, 1.807) is 19.1 Å². The minimum Gasteiger partial charge on any atom is -0.461 e. The molecule has 0 aliphatic carbocycles. The second-order valence-electron chi connectivity index (χ2n) is 5.71. The molecule has 26 heavy (non-hydrogen) atoms. The third-order valence-corrected chi connectivity index (χ3v) is 5.07. The smallest absolute Gasteiger partial charge is 0.433 e. The van der Waals surface area contributed by atoms with Crippen LogP contribution in [-0.2, 0) is 6.18 Å². The van der Waals surface area contributed by atoms with E-state index in [0.717, 1.165) is 17.4 Å². The molecule has 0 N–H and O–H groups in total. The van der Waals surface area contributed by atoms with Gasteiger partial charge < -0.3 is 4.42 Å². The first-order valence-electron chi connectivity index (χ1n) is 7.48. The number of rotatable bonds is 1. The highest BCUT2D eigenvalue weighted by molar-refractivity contribution is 7.26. The number of hydrogen-bond acceptors (Lipinski definition) is 6. The first kappa shape index (κ1) is 15.3. The van der Waals surface area contributed by atoms with Gasteiger partial charge in [-0.05, 0) is 30.7 Å². The highest BCUT2D eigenvalue weighted by Gasteiger charge is 2.33. The molecule has 0 saturated carbocycles. The molecule has 0 aliphatic heterocycles. The number of pyridine rings is 1. The number of furan rings is 1. The topological polar surface area (TPSA) is 69.1 Å². The Morgan fingerprint density at radius 1 is 1.23 bits per heavy atom. The second kappa shape index (κ2) is 5.01. The maximum Gasteiger partial charge on any atom is 0.433 e. The van der Waals surface area contributed by atoms with Gasteiger partial charge >= 0.3 is 6.18 Å². The maximum atomic E-state index is 13.1. The number of thiophene rings is 1. The summed E-state index contributed by atoms with van der Waals surface area (Å²) in [4.78, 5) is 12.9. The molecule has 5 aromatic rings. The molecular formula is C16H8F3N5OS. The summed E-state index contributed by atoms with van der Waals surface area (Å²) in [5.41, 5.74) is 0.617. The molecule has 10 heteroatoms. The summed E-state index contributed by atoms with van der Waals surface area (Å²) in [6.45, 7) is 1.62. The zero-order chi connectivity index (χ0) is 18.1. The van der Waals surface area contributed by atoms with Crippen LogP contribution in [0.2, 0.25) is 0 Å². The fourth-order valence-corrected chi connectivity index (χ4v) is 4.04. The molecule has 0 spiro atoms. The predicted molar refractivity (Wildman–Crippen MR) is 88.9 cm³/mol. The average molecular weight is 375 g/mol. The van der Waals surface area contributed by atoms with Crippen molar-refractivity contribution in [3.05, 3.63) is 42.0 Å². The van der Waals surface area contributed by atoms with Gasteiger partial charge in [0.1, 0.15) is 21.6 Å². The Morgan fingerprint density at radius 3 is 2.81 bits per heavy atom. The van der Waals surface area contributed by atoms with Crippen molar-refractivity contribution >= 4 is 37.4 Å². The van der Waals surface area contributed by atoms with Crippen LogP contribution in [0.25, 0.3) is 37.7 Å². The average Bonchev–Trinajstić information content (AvgIpc) is 3.30. The lowest BCUT2D eigenvalue weighted by Gasteiger charge is -2.06. The van der Waals surface area contributed by atoms with Gasteiger partial charge in [0, 0.05) is 5.39 Å². The maximum absolute atomic E-state index is 13.1. The van der Waals surface area contributed by atoms with Crippen LogP contribution in [-0.4, -0.2) is 24.6 Å². The van der Waals surface area contributed by atoms with Crippen LogP contribution in [0, 0.1) is 6.92 Å². The van der Waals surface area contributed by atoms with Crippen molar-refractivity contribution in [2.45, 2.75) is 13.1 Å². The molecule has 6 nitrogen and oxygen atoms in total. The van der Waals surface area contributed by atoms with Crippen LogP contribution in [0.1, 0.15) is 11.3 Å². The molecule has 0 aromatic carbocycles. The SMILES string of the molecule is Cc1cc(C(F)(F)F)nc2sc3c(ncn4nc(-c5ccco5)nc34)c12. The van der Waals surface area contributed by atoms with E-state index < -0.39 is 11.9 Å². The number of aryl methyl sites for hydroxylation is 1. The van der Waals surface area contributed by atoms with Gasteiger partial charge in [-0.25, -0.2) is 19.5 Å². The zero-order valence-corrected chi connectivity index (χ0v) is 13.9. The van der Waals surface area contributed by atoms with Crippen molar-refractivity contribution in [3.8, 4) is 11.6 Å². The lowest BCUT2D eigenvalue weighted by atomic mass is 10.1. The van der Waals surface area contributed by atoms with Crippen LogP contribution >= 0.6 is 11.3 Å². The Hall–Kier alpha value is -3.01. The summed E-state index contributed by atoms with van der Waals surface area (Å²) in [6, 6.07) is 4.49. The van der Waals surface area contributed by atoms with Crippen molar-refractivity contribution in [1.29, 1.82) is 0 Å². The molecule has 5 aromatic heterocycles. The minimum atomic E-state index is -4.50. The number of nitrogens with zero attached hydrogens (tertiary/aromatic N) is 5. The van der Waals surface area contributed by atoms with Crippen molar-refractivity contribution in [2.24, 2.45) is 0 Å². The summed E-state index contributed by atoms with van der Waals surface area (Å²) in [5.74, 6) is 0.874. The summed E-state index contributed by atoms with van der Waals surface area (Å²) in [6.07, 6.45) is -1.50. The van der Waals surface area contributed by atoms with Crippen LogP contribution < -0.4 is 0 Å². The third kappa shape index (κ3) is 2.11. The van der Waals surface area contributed by atoms with E-state index in [1.807, 2.05) is 0 Å². The van der Waals surface area contributed by atoms with Crippen molar-refractivity contribution < 1.29 is 17.6 Å². The van der Waals surface area contributed by atoms with Gasteiger partial charge in [0.15, 0.2) is 11.4 Å². The first-order valence-corrected chi connectivity index (χ1v) is 8.30. The van der Waals surface area contributed by atoms with E-state index in [2.05, 4.69) is 20.1 Å². The second-order valence-corrected chi connectivity index (χ2v) is 6.71. The van der Waals surface area contributed by atoms with Crippen molar-refractivity contribution in [1.82, 2.24) is 24.6 Å². The van der Waals surface area contributed by atoms with Gasteiger partial charge in [0.05, 0.1) is 11.8 Å². The van der Waals surface area contributed by atoms with Crippen molar-refractivity contribution in [3.63, 3.8) is 0 Å². The van der Waals surface area contributed by atoms with E-state index in [1.165, 1.54) is 17.1 Å². The largest absolute Gasteiger partial charge is 0.461 e. The first-order chi connectivity index (χ1) is 12.4. The fraction of sp³-hybridized carbons (Fsp3) is 0.125. The molecule has 0 saturated heterocycles.